The Labute approximate surface area is 113 Å². The Hall–Kier alpha value is -0.330. The highest BCUT2D eigenvalue weighted by Crippen LogP contribution is 2.22. The minimum absolute atomic E-state index is 0.0400. The van der Waals surface area contributed by atoms with E-state index < -0.39 is 18.8 Å². The first-order chi connectivity index (χ1) is 8.67. The molecule has 2 N–H and O–H groups in total. The molecule has 1 aliphatic rings. The maximum absolute atomic E-state index is 12.2. The van der Waals surface area contributed by atoms with Crippen LogP contribution in [0.1, 0.15) is 27.2 Å². The van der Waals surface area contributed by atoms with Crippen molar-refractivity contribution in [2.24, 2.45) is 11.8 Å². The van der Waals surface area contributed by atoms with E-state index in [-0.39, 0.29) is 12.0 Å². The minimum atomic E-state index is -4.18. The number of aliphatic hydroxyl groups is 1. The maximum atomic E-state index is 12.2. The Bertz CT molecular complexity index is 269. The Kier molecular flexibility index (Phi) is 6.08. The molecule has 0 radical (unpaired) electrons. The van der Waals surface area contributed by atoms with E-state index in [0.29, 0.717) is 18.9 Å². The fourth-order valence-corrected chi connectivity index (χ4v) is 2.66. The van der Waals surface area contributed by atoms with Crippen molar-refractivity contribution >= 4 is 0 Å². The van der Waals surface area contributed by atoms with Crippen LogP contribution in [0.4, 0.5) is 13.2 Å². The molecular weight excluding hydrogens is 257 g/mol. The van der Waals surface area contributed by atoms with Crippen LogP contribution in [-0.4, -0.2) is 54.5 Å². The molecule has 1 aliphatic heterocycles. The van der Waals surface area contributed by atoms with Crippen molar-refractivity contribution in [1.29, 1.82) is 0 Å². The highest BCUT2D eigenvalue weighted by Gasteiger charge is 2.33. The number of hydrogen-bond acceptors (Lipinski definition) is 3. The second-order valence-electron chi connectivity index (χ2n) is 6.04. The van der Waals surface area contributed by atoms with Crippen LogP contribution in [-0.2, 0) is 0 Å². The van der Waals surface area contributed by atoms with Crippen molar-refractivity contribution in [3.05, 3.63) is 0 Å². The van der Waals surface area contributed by atoms with E-state index in [9.17, 15) is 18.3 Å². The lowest BCUT2D eigenvalue weighted by Crippen LogP contribution is -2.53. The molecule has 114 valence electrons. The third kappa shape index (κ3) is 6.58. The smallest absolute Gasteiger partial charge is 0.393 e. The zero-order valence-electron chi connectivity index (χ0n) is 11.9. The summed E-state index contributed by atoms with van der Waals surface area (Å²) in [5, 5.41) is 12.3. The molecule has 0 aromatic heterocycles. The van der Waals surface area contributed by atoms with Crippen molar-refractivity contribution in [2.45, 2.75) is 45.5 Å². The predicted octanol–water partition coefficient (Wildman–Crippen LogP) is 1.87. The SMILES string of the molecule is CC(C)CN1CC(NCC(F)(F)F)CC(C(C)O)C1. The summed E-state index contributed by atoms with van der Waals surface area (Å²) < 4.78 is 36.7. The van der Waals surface area contributed by atoms with Crippen LogP contribution in [0, 0.1) is 11.8 Å². The summed E-state index contributed by atoms with van der Waals surface area (Å²) in [5.74, 6) is 0.509. The van der Waals surface area contributed by atoms with Crippen LogP contribution >= 0.6 is 0 Å². The molecule has 0 aliphatic carbocycles. The highest BCUT2D eigenvalue weighted by atomic mass is 19.4. The second kappa shape index (κ2) is 6.90. The van der Waals surface area contributed by atoms with Gasteiger partial charge in [-0.3, -0.25) is 0 Å². The van der Waals surface area contributed by atoms with Gasteiger partial charge in [-0.25, -0.2) is 0 Å². The topological polar surface area (TPSA) is 35.5 Å². The molecule has 1 heterocycles. The second-order valence-corrected chi connectivity index (χ2v) is 6.04. The summed E-state index contributed by atoms with van der Waals surface area (Å²) in [6, 6.07) is -0.200. The Balaban J connectivity index is 2.54. The lowest BCUT2D eigenvalue weighted by molar-refractivity contribution is -0.127. The quantitative estimate of drug-likeness (QED) is 0.808. The van der Waals surface area contributed by atoms with Gasteiger partial charge in [-0.2, -0.15) is 13.2 Å². The van der Waals surface area contributed by atoms with E-state index in [2.05, 4.69) is 24.1 Å². The normalized spacial score (nSPS) is 27.8. The van der Waals surface area contributed by atoms with E-state index in [1.165, 1.54) is 0 Å². The maximum Gasteiger partial charge on any atom is 0.401 e. The standard InChI is InChI=1S/C13H25F3N2O/c1-9(2)5-18-6-11(10(3)19)4-12(7-18)17-8-13(14,15)16/h9-12,17,19H,4-8H2,1-3H3. The molecule has 19 heavy (non-hydrogen) atoms. The number of rotatable bonds is 5. The van der Waals surface area contributed by atoms with Crippen LogP contribution in [0.25, 0.3) is 0 Å². The number of halogens is 3. The van der Waals surface area contributed by atoms with Crippen molar-refractivity contribution in [2.75, 3.05) is 26.2 Å². The van der Waals surface area contributed by atoms with Gasteiger partial charge in [0, 0.05) is 25.7 Å². The molecule has 6 heteroatoms. The van der Waals surface area contributed by atoms with Crippen LogP contribution < -0.4 is 5.32 Å². The summed E-state index contributed by atoms with van der Waals surface area (Å²) in [7, 11) is 0. The first-order valence-electron chi connectivity index (χ1n) is 6.88. The summed E-state index contributed by atoms with van der Waals surface area (Å²) in [4.78, 5) is 2.15. The van der Waals surface area contributed by atoms with Gasteiger partial charge in [0.2, 0.25) is 0 Å². The average molecular weight is 282 g/mol. The van der Waals surface area contributed by atoms with Crippen LogP contribution in [0.3, 0.4) is 0 Å². The number of likely N-dealkylation sites (tertiary alicyclic amines) is 1. The molecular formula is C13H25F3N2O. The molecule has 1 fully saturated rings. The number of nitrogens with zero attached hydrogens (tertiary/aromatic N) is 1. The Morgan fingerprint density at radius 2 is 1.89 bits per heavy atom. The van der Waals surface area contributed by atoms with Crippen molar-refractivity contribution in [1.82, 2.24) is 10.2 Å². The minimum Gasteiger partial charge on any atom is -0.393 e. The highest BCUT2D eigenvalue weighted by molar-refractivity contribution is 4.86. The summed E-state index contributed by atoms with van der Waals surface area (Å²) in [5.41, 5.74) is 0. The number of nitrogens with one attached hydrogen (secondary N) is 1. The third-order valence-electron chi connectivity index (χ3n) is 3.46. The van der Waals surface area contributed by atoms with Gasteiger partial charge in [-0.15, -0.1) is 0 Å². The number of aliphatic hydroxyl groups excluding tert-OH is 1. The summed E-state index contributed by atoms with van der Waals surface area (Å²) in [6.45, 7) is 7.17. The molecule has 0 saturated carbocycles. The van der Waals surface area contributed by atoms with Gasteiger partial charge in [-0.05, 0) is 25.2 Å². The van der Waals surface area contributed by atoms with Crippen molar-refractivity contribution < 1.29 is 18.3 Å². The van der Waals surface area contributed by atoms with Gasteiger partial charge in [-0.1, -0.05) is 13.8 Å². The fraction of sp³-hybridized carbons (Fsp3) is 1.00. The number of hydrogen-bond donors (Lipinski definition) is 2. The molecule has 0 aromatic carbocycles. The largest absolute Gasteiger partial charge is 0.401 e. The van der Waals surface area contributed by atoms with E-state index in [0.717, 1.165) is 13.1 Å². The van der Waals surface area contributed by atoms with Crippen molar-refractivity contribution in [3.63, 3.8) is 0 Å². The van der Waals surface area contributed by atoms with E-state index >= 15 is 0 Å². The fourth-order valence-electron chi connectivity index (χ4n) is 2.66. The molecule has 0 bridgehead atoms. The third-order valence-corrected chi connectivity index (χ3v) is 3.46. The zero-order valence-corrected chi connectivity index (χ0v) is 11.9. The zero-order chi connectivity index (χ0) is 14.6. The summed E-state index contributed by atoms with van der Waals surface area (Å²) in [6.07, 6.45) is -4.06. The summed E-state index contributed by atoms with van der Waals surface area (Å²) >= 11 is 0. The van der Waals surface area contributed by atoms with E-state index in [1.54, 1.807) is 6.92 Å². The average Bonchev–Trinajstić information content (AvgIpc) is 2.24. The first kappa shape index (κ1) is 16.7. The predicted molar refractivity (Wildman–Crippen MR) is 68.9 cm³/mol. The van der Waals surface area contributed by atoms with Gasteiger partial charge in [0.1, 0.15) is 0 Å². The molecule has 0 amide bonds. The first-order valence-corrected chi connectivity index (χ1v) is 6.88. The Morgan fingerprint density at radius 1 is 1.26 bits per heavy atom. The molecule has 0 spiro atoms. The molecule has 0 aromatic rings. The van der Waals surface area contributed by atoms with Gasteiger partial charge < -0.3 is 15.3 Å². The van der Waals surface area contributed by atoms with Gasteiger partial charge >= 0.3 is 6.18 Å². The monoisotopic (exact) mass is 282 g/mol. The molecule has 3 unspecified atom stereocenters. The van der Waals surface area contributed by atoms with Gasteiger partial charge in [0.25, 0.3) is 0 Å². The van der Waals surface area contributed by atoms with Crippen LogP contribution in [0.5, 0.6) is 0 Å². The van der Waals surface area contributed by atoms with Gasteiger partial charge in [0.15, 0.2) is 0 Å². The molecule has 3 atom stereocenters. The molecule has 1 rings (SSSR count). The lowest BCUT2D eigenvalue weighted by Gasteiger charge is -2.40. The molecule has 1 saturated heterocycles. The molecule has 3 nitrogen and oxygen atoms in total. The van der Waals surface area contributed by atoms with Gasteiger partial charge in [0.05, 0.1) is 12.6 Å². The number of alkyl halides is 3. The van der Waals surface area contributed by atoms with Crippen molar-refractivity contribution in [3.8, 4) is 0 Å². The number of piperidine rings is 1. The van der Waals surface area contributed by atoms with Crippen LogP contribution in [0.2, 0.25) is 0 Å². The lowest BCUT2D eigenvalue weighted by atomic mass is 9.89. The van der Waals surface area contributed by atoms with E-state index in [4.69, 9.17) is 0 Å². The van der Waals surface area contributed by atoms with E-state index in [1.807, 2.05) is 0 Å². The Morgan fingerprint density at radius 3 is 2.37 bits per heavy atom. The van der Waals surface area contributed by atoms with Crippen LogP contribution in [0.15, 0.2) is 0 Å².